The van der Waals surface area contributed by atoms with E-state index in [1.54, 1.807) is 13.2 Å². The smallest absolute Gasteiger partial charge is 0.244 e. The maximum atomic E-state index is 12.0. The van der Waals surface area contributed by atoms with Gasteiger partial charge >= 0.3 is 0 Å². The predicted octanol–water partition coefficient (Wildman–Crippen LogP) is 2.51. The van der Waals surface area contributed by atoms with Crippen LogP contribution < -0.4 is 5.32 Å². The summed E-state index contributed by atoms with van der Waals surface area (Å²) in [7, 11) is 3.56. The molecular weight excluding hydrogens is 290 g/mol. The van der Waals surface area contributed by atoms with Crippen LogP contribution >= 0.6 is 0 Å². The third-order valence-electron chi connectivity index (χ3n) is 3.84. The molecule has 2 aromatic rings. The number of amides is 1. The molecule has 5 heteroatoms. The van der Waals surface area contributed by atoms with Crippen LogP contribution in [-0.4, -0.2) is 22.8 Å². The van der Waals surface area contributed by atoms with Crippen LogP contribution in [0.25, 0.3) is 6.08 Å². The number of carbonyl (C=O) groups is 1. The first-order chi connectivity index (χ1) is 11.0. The number of methoxy groups -OCH3 is 1. The van der Waals surface area contributed by atoms with E-state index in [4.69, 9.17) is 4.74 Å². The van der Waals surface area contributed by atoms with E-state index in [0.29, 0.717) is 13.2 Å². The summed E-state index contributed by atoms with van der Waals surface area (Å²) in [5.74, 6) is -0.125. The molecule has 0 aliphatic rings. The third-order valence-corrected chi connectivity index (χ3v) is 3.84. The van der Waals surface area contributed by atoms with E-state index in [1.165, 1.54) is 0 Å². The molecule has 0 aliphatic carbocycles. The number of benzene rings is 1. The number of nitrogens with one attached hydrogen (secondary N) is 1. The van der Waals surface area contributed by atoms with Crippen molar-refractivity contribution in [3.05, 3.63) is 58.4 Å². The fraction of sp³-hybridized carbons (Fsp3) is 0.333. The molecule has 1 amide bonds. The average molecular weight is 313 g/mol. The lowest BCUT2D eigenvalue weighted by molar-refractivity contribution is -0.116. The first-order valence-corrected chi connectivity index (χ1v) is 7.54. The summed E-state index contributed by atoms with van der Waals surface area (Å²) in [4.78, 5) is 12.0. The van der Waals surface area contributed by atoms with E-state index >= 15 is 0 Å². The first kappa shape index (κ1) is 17.0. The molecule has 0 bridgehead atoms. The molecule has 0 aliphatic heterocycles. The van der Waals surface area contributed by atoms with Gasteiger partial charge in [-0.2, -0.15) is 5.10 Å². The van der Waals surface area contributed by atoms with E-state index in [0.717, 1.165) is 28.1 Å². The van der Waals surface area contributed by atoms with Crippen LogP contribution in [0, 0.1) is 13.8 Å². The van der Waals surface area contributed by atoms with Crippen molar-refractivity contribution in [2.75, 3.05) is 7.11 Å². The number of carbonyl (C=O) groups excluding carboxylic acids is 1. The van der Waals surface area contributed by atoms with Crippen LogP contribution in [0.1, 0.15) is 28.1 Å². The van der Waals surface area contributed by atoms with Gasteiger partial charge < -0.3 is 10.1 Å². The summed E-state index contributed by atoms with van der Waals surface area (Å²) >= 11 is 0. The molecule has 23 heavy (non-hydrogen) atoms. The molecule has 0 fully saturated rings. The maximum Gasteiger partial charge on any atom is 0.244 e. The number of nitrogens with zero attached hydrogens (tertiary/aromatic N) is 2. The molecule has 0 saturated carbocycles. The Labute approximate surface area is 137 Å². The zero-order valence-electron chi connectivity index (χ0n) is 14.1. The summed E-state index contributed by atoms with van der Waals surface area (Å²) in [5, 5.41) is 7.24. The summed E-state index contributed by atoms with van der Waals surface area (Å²) in [6, 6.07) is 7.92. The Balaban J connectivity index is 1.99. The lowest BCUT2D eigenvalue weighted by Crippen LogP contribution is -2.21. The zero-order valence-corrected chi connectivity index (χ0v) is 14.1. The van der Waals surface area contributed by atoms with Gasteiger partial charge in [-0.3, -0.25) is 9.48 Å². The van der Waals surface area contributed by atoms with Gasteiger partial charge in [-0.1, -0.05) is 24.3 Å². The predicted molar refractivity (Wildman–Crippen MR) is 90.7 cm³/mol. The number of rotatable bonds is 6. The van der Waals surface area contributed by atoms with Crippen molar-refractivity contribution in [1.29, 1.82) is 0 Å². The number of aromatic nitrogens is 2. The highest BCUT2D eigenvalue weighted by Crippen LogP contribution is 2.13. The summed E-state index contributed by atoms with van der Waals surface area (Å²) in [6.45, 7) is 4.94. The van der Waals surface area contributed by atoms with Crippen LogP contribution in [0.15, 0.2) is 30.3 Å². The highest BCUT2D eigenvalue weighted by Gasteiger charge is 2.07. The number of hydrogen-bond acceptors (Lipinski definition) is 3. The molecule has 0 atom stereocenters. The van der Waals surface area contributed by atoms with Gasteiger partial charge in [-0.25, -0.2) is 0 Å². The molecule has 1 aromatic heterocycles. The van der Waals surface area contributed by atoms with Gasteiger partial charge in [0.25, 0.3) is 0 Å². The van der Waals surface area contributed by atoms with Crippen LogP contribution in [0.5, 0.6) is 0 Å². The van der Waals surface area contributed by atoms with E-state index in [2.05, 4.69) is 10.4 Å². The SMILES string of the molecule is COCc1ccccc1CNC(=O)/C=C\c1c(C)nn(C)c1C. The highest BCUT2D eigenvalue weighted by molar-refractivity contribution is 5.91. The summed E-state index contributed by atoms with van der Waals surface area (Å²) < 4.78 is 6.99. The Morgan fingerprint density at radius 3 is 2.61 bits per heavy atom. The lowest BCUT2D eigenvalue weighted by Gasteiger charge is -2.08. The zero-order chi connectivity index (χ0) is 16.8. The number of aryl methyl sites for hydroxylation is 2. The van der Waals surface area contributed by atoms with E-state index in [1.807, 2.05) is 55.9 Å². The van der Waals surface area contributed by atoms with Crippen LogP contribution in [-0.2, 0) is 29.7 Å². The topological polar surface area (TPSA) is 56.1 Å². The second-order valence-electron chi connectivity index (χ2n) is 5.46. The molecular formula is C18H23N3O2. The van der Waals surface area contributed by atoms with Gasteiger partial charge in [-0.05, 0) is 31.1 Å². The third kappa shape index (κ3) is 4.29. The second kappa shape index (κ2) is 7.74. The Bertz CT molecular complexity index is 717. The van der Waals surface area contributed by atoms with Crippen molar-refractivity contribution < 1.29 is 9.53 Å². The molecule has 0 saturated heterocycles. The molecule has 122 valence electrons. The molecule has 0 unspecified atom stereocenters. The van der Waals surface area contributed by atoms with Gasteiger partial charge in [0.05, 0.1) is 12.3 Å². The molecule has 1 aromatic carbocycles. The molecule has 1 N–H and O–H groups in total. The highest BCUT2D eigenvalue weighted by atomic mass is 16.5. The Morgan fingerprint density at radius 1 is 1.30 bits per heavy atom. The minimum Gasteiger partial charge on any atom is -0.380 e. The maximum absolute atomic E-state index is 12.0. The monoisotopic (exact) mass is 313 g/mol. The minimum atomic E-state index is -0.125. The normalized spacial score (nSPS) is 11.1. The van der Waals surface area contributed by atoms with Crippen LogP contribution in [0.4, 0.5) is 0 Å². The van der Waals surface area contributed by atoms with Crippen molar-refractivity contribution in [3.8, 4) is 0 Å². The molecule has 0 radical (unpaired) electrons. The van der Waals surface area contributed by atoms with Crippen molar-refractivity contribution in [1.82, 2.24) is 15.1 Å². The van der Waals surface area contributed by atoms with Gasteiger partial charge in [0.1, 0.15) is 0 Å². The van der Waals surface area contributed by atoms with E-state index in [-0.39, 0.29) is 5.91 Å². The van der Waals surface area contributed by atoms with E-state index in [9.17, 15) is 4.79 Å². The van der Waals surface area contributed by atoms with Gasteiger partial charge in [0.15, 0.2) is 0 Å². The Hall–Kier alpha value is -2.40. The van der Waals surface area contributed by atoms with Gasteiger partial charge in [0.2, 0.25) is 5.91 Å². The van der Waals surface area contributed by atoms with Crippen molar-refractivity contribution in [2.45, 2.75) is 27.0 Å². The van der Waals surface area contributed by atoms with Crippen LogP contribution in [0.3, 0.4) is 0 Å². The molecule has 2 rings (SSSR count). The van der Waals surface area contributed by atoms with Crippen molar-refractivity contribution >= 4 is 12.0 Å². The van der Waals surface area contributed by atoms with Gasteiger partial charge in [0, 0.05) is 38.0 Å². The number of hydrogen-bond donors (Lipinski definition) is 1. The van der Waals surface area contributed by atoms with Crippen molar-refractivity contribution in [2.24, 2.45) is 7.05 Å². The quantitative estimate of drug-likeness (QED) is 0.834. The average Bonchev–Trinajstić information content (AvgIpc) is 2.77. The van der Waals surface area contributed by atoms with E-state index < -0.39 is 0 Å². The summed E-state index contributed by atoms with van der Waals surface area (Å²) in [5.41, 5.74) is 5.09. The molecule has 1 heterocycles. The van der Waals surface area contributed by atoms with Crippen molar-refractivity contribution in [3.63, 3.8) is 0 Å². The van der Waals surface area contributed by atoms with Crippen LogP contribution in [0.2, 0.25) is 0 Å². The van der Waals surface area contributed by atoms with Gasteiger partial charge in [-0.15, -0.1) is 0 Å². The fourth-order valence-corrected chi connectivity index (χ4v) is 2.46. The Morgan fingerprint density at radius 2 is 2.00 bits per heavy atom. The largest absolute Gasteiger partial charge is 0.380 e. The standard InChI is InChI=1S/C18H23N3O2/c1-13-17(14(2)21(3)20-13)9-10-18(22)19-11-15-7-5-6-8-16(15)12-23-4/h5-10H,11-12H2,1-4H3,(H,19,22)/b10-9-. The first-order valence-electron chi connectivity index (χ1n) is 7.54. The number of ether oxygens (including phenoxy) is 1. The lowest BCUT2D eigenvalue weighted by atomic mass is 10.1. The second-order valence-corrected chi connectivity index (χ2v) is 5.46. The minimum absolute atomic E-state index is 0.125. The molecule has 0 spiro atoms. The summed E-state index contributed by atoms with van der Waals surface area (Å²) in [6.07, 6.45) is 3.37. The fourth-order valence-electron chi connectivity index (χ4n) is 2.46. The molecule has 5 nitrogen and oxygen atoms in total. The Kier molecular flexibility index (Phi) is 5.71.